The largest absolute Gasteiger partial charge is 0.458 e. The van der Waals surface area contributed by atoms with Gasteiger partial charge >= 0.3 is 5.97 Å². The Kier molecular flexibility index (Phi) is 23.5. The standard InChI is InChI=1S/C67H106O32/c1-26(2)12-11-17-66(8)55-30(72)20-65(7)29-13-14-36-63(4,5)37(16-18-64(36,6)28(29)15-19-67(55,65)62(84)99-66)94-61-54(42(77)35(25-87-61)93-57-47(82)52(40(75)33(23-70)89-57)96-58-45(80)50(85-9)38(73)31(21-68)90-58)98-56-44(79)43(78)49(27(3)88-56)95-60-48(83)53(41(76)34(24-71)92-60)97-59-46(81)51(86-10)39(74)32(22-69)91-59/h15,27,29,31-61,68-71,73-83H,1,11-14,16-25H2,2-10H3/t27-,29?,31-,32-,33-,34-,35-,36?,37?,38-,39-,40-,41-,42+,43-,44-,45-,46-,47-,48-,49-,50+,51+,52+,53+,54-,55-,56+,57+,58+,59+,60+,61+,64-,65+,66+,67?/m1/s1. The minimum absolute atomic E-state index is 0.0488. The van der Waals surface area contributed by atoms with Gasteiger partial charge in [0.2, 0.25) is 0 Å². The van der Waals surface area contributed by atoms with Crippen LogP contribution in [-0.2, 0) is 80.6 Å². The van der Waals surface area contributed by atoms with Crippen molar-refractivity contribution in [3.05, 3.63) is 23.8 Å². The maximum atomic E-state index is 14.6. The molecule has 15 N–H and O–H groups in total. The van der Waals surface area contributed by atoms with E-state index < -0.39 is 250 Å². The molecule has 11 aliphatic rings. The van der Waals surface area contributed by atoms with Crippen molar-refractivity contribution in [1.29, 1.82) is 0 Å². The van der Waals surface area contributed by atoms with Gasteiger partial charge in [-0.2, -0.15) is 0 Å². The first kappa shape index (κ1) is 77.6. The molecule has 7 saturated heterocycles. The summed E-state index contributed by atoms with van der Waals surface area (Å²) in [6.45, 7) is 14.0. The van der Waals surface area contributed by atoms with Crippen molar-refractivity contribution in [2.45, 2.75) is 296 Å². The SMILES string of the molecule is C=C(C)CCC[C@]1(C)OC(=O)C23CC=C4C(CCC5C(C)(C)C(O[C@@H]6OC[C@@H](O[C@@H]7O[C@H](CO)[C@@H](O)[C@H](O[C@@H]8O[C@H](CO)[C@@H](O)[C@H](OC)[C@H]8O)[C@H]7O)[C@H](O)[C@H]6O[C@@H]6O[C@H](C)[C@@H](O[C@@H]7O[C@H](CO)[C@@H](O)[C@H](O[C@@H]8O[C@H](CO)[C@@H](O)[C@H](OC)[C@H]8O)[C@H]7O)[C@H](O)[C@H]6O)CC[C@]45C)[C@]2(C)CC(=O)[C@@H]31. The van der Waals surface area contributed by atoms with Crippen LogP contribution in [-0.4, -0.2) is 325 Å². The van der Waals surface area contributed by atoms with Crippen LogP contribution in [0.25, 0.3) is 0 Å². The van der Waals surface area contributed by atoms with E-state index in [4.69, 9.17) is 71.1 Å². The molecule has 99 heavy (non-hydrogen) atoms. The minimum Gasteiger partial charge on any atom is -0.458 e. The lowest BCUT2D eigenvalue weighted by molar-refractivity contribution is -0.397. The normalized spacial score (nSPS) is 52.1. The number of ether oxygens (including phenoxy) is 15. The second-order valence-corrected chi connectivity index (χ2v) is 30.6. The first-order valence-electron chi connectivity index (χ1n) is 34.7. The van der Waals surface area contributed by atoms with Crippen LogP contribution in [0.4, 0.5) is 0 Å². The number of methoxy groups -OCH3 is 2. The lowest BCUT2D eigenvalue weighted by atomic mass is 9.41. The van der Waals surface area contributed by atoms with E-state index in [-0.39, 0.29) is 30.0 Å². The predicted molar refractivity (Wildman–Crippen MR) is 331 cm³/mol. The number of allylic oxidation sites excluding steroid dienone is 3. The minimum atomic E-state index is -2.08. The Hall–Kier alpha value is -2.54. The third kappa shape index (κ3) is 13.4. The molecule has 32 heteroatoms. The Morgan fingerprint density at radius 3 is 1.54 bits per heavy atom. The third-order valence-corrected chi connectivity index (χ3v) is 24.4. The van der Waals surface area contributed by atoms with Gasteiger partial charge in [0.1, 0.15) is 146 Å². The number of cyclic esters (lactones) is 1. The molecule has 10 fully saturated rings. The highest BCUT2D eigenvalue weighted by Crippen LogP contribution is 2.75. The van der Waals surface area contributed by atoms with Gasteiger partial charge in [0.25, 0.3) is 0 Å². The van der Waals surface area contributed by atoms with Crippen LogP contribution in [0.5, 0.6) is 0 Å². The maximum Gasteiger partial charge on any atom is 0.314 e. The average molecular weight is 1420 g/mol. The number of carbonyl (C=O) groups excluding carboxylic acids is 2. The van der Waals surface area contributed by atoms with E-state index in [1.807, 2.05) is 13.8 Å². The van der Waals surface area contributed by atoms with Gasteiger partial charge in [-0.05, 0) is 100 Å². The lowest BCUT2D eigenvalue weighted by Crippen LogP contribution is -2.67. The zero-order valence-corrected chi connectivity index (χ0v) is 57.4. The van der Waals surface area contributed by atoms with E-state index in [0.717, 1.165) is 18.4 Å². The van der Waals surface area contributed by atoms with Crippen LogP contribution in [0.15, 0.2) is 23.8 Å². The van der Waals surface area contributed by atoms with Gasteiger partial charge in [0.05, 0.1) is 56.6 Å². The summed E-state index contributed by atoms with van der Waals surface area (Å²) in [6.07, 6.45) is -42.8. The first-order chi connectivity index (χ1) is 46.7. The molecule has 0 radical (unpaired) electrons. The molecule has 4 aliphatic carbocycles. The van der Waals surface area contributed by atoms with Gasteiger partial charge in [-0.3, -0.25) is 9.59 Å². The van der Waals surface area contributed by atoms with Gasteiger partial charge in [-0.15, -0.1) is 6.58 Å². The molecule has 566 valence electrons. The van der Waals surface area contributed by atoms with Crippen molar-refractivity contribution in [3.63, 3.8) is 0 Å². The highest BCUT2D eigenvalue weighted by atomic mass is 16.8. The molecule has 7 heterocycles. The lowest BCUT2D eigenvalue weighted by Gasteiger charge is -2.63. The van der Waals surface area contributed by atoms with Crippen LogP contribution in [0.1, 0.15) is 106 Å². The average Bonchev–Trinajstić information content (AvgIpc) is 1.51. The van der Waals surface area contributed by atoms with Crippen LogP contribution in [0.2, 0.25) is 0 Å². The Morgan fingerprint density at radius 2 is 1.03 bits per heavy atom. The second-order valence-electron chi connectivity index (χ2n) is 30.6. The fourth-order valence-electron chi connectivity index (χ4n) is 19.0. The van der Waals surface area contributed by atoms with Crippen molar-refractivity contribution in [1.82, 2.24) is 0 Å². The number of esters is 1. The molecule has 32 nitrogen and oxygen atoms in total. The summed E-state index contributed by atoms with van der Waals surface area (Å²) in [6, 6.07) is 0. The van der Waals surface area contributed by atoms with E-state index in [1.54, 1.807) is 0 Å². The smallest absolute Gasteiger partial charge is 0.314 e. The van der Waals surface area contributed by atoms with Crippen LogP contribution in [0, 0.1) is 39.4 Å². The predicted octanol–water partition coefficient (Wildman–Crippen LogP) is -3.91. The van der Waals surface area contributed by atoms with E-state index >= 15 is 0 Å². The molecule has 0 aromatic rings. The number of Topliss-reactive ketones (excluding diaryl/α,β-unsaturated/α-hetero) is 1. The number of ketones is 1. The number of hydrogen-bond donors (Lipinski definition) is 15. The maximum absolute atomic E-state index is 14.6. The van der Waals surface area contributed by atoms with Crippen LogP contribution >= 0.6 is 0 Å². The molecule has 11 rings (SSSR count). The molecule has 37 atom stereocenters. The van der Waals surface area contributed by atoms with E-state index in [0.29, 0.717) is 38.5 Å². The summed E-state index contributed by atoms with van der Waals surface area (Å²) < 4.78 is 90.1. The first-order valence-corrected chi connectivity index (χ1v) is 34.7. The molecule has 1 spiro atoms. The van der Waals surface area contributed by atoms with E-state index in [2.05, 4.69) is 40.3 Å². The molecule has 7 aliphatic heterocycles. The molecule has 0 aromatic heterocycles. The summed E-state index contributed by atoms with van der Waals surface area (Å²) in [5.74, 6) is -1.04. The topological polar surface area (TPSA) is 476 Å². The number of hydrogen-bond acceptors (Lipinski definition) is 32. The number of fused-ring (bicyclic) bond motifs is 4. The van der Waals surface area contributed by atoms with E-state index in [1.165, 1.54) is 26.7 Å². The van der Waals surface area contributed by atoms with Gasteiger partial charge in [-0.1, -0.05) is 44.9 Å². The monoisotopic (exact) mass is 1420 g/mol. The summed E-state index contributed by atoms with van der Waals surface area (Å²) in [7, 11) is 2.36. The summed E-state index contributed by atoms with van der Waals surface area (Å²) >= 11 is 0. The van der Waals surface area contributed by atoms with Crippen LogP contribution in [0.3, 0.4) is 0 Å². The third-order valence-electron chi connectivity index (χ3n) is 24.4. The van der Waals surface area contributed by atoms with Gasteiger partial charge in [0, 0.05) is 20.6 Å². The number of carbonyl (C=O) groups is 2. The van der Waals surface area contributed by atoms with Crippen molar-refractivity contribution < 1.29 is 157 Å². The molecular weight excluding hydrogens is 1320 g/mol. The zero-order chi connectivity index (χ0) is 72.1. The van der Waals surface area contributed by atoms with E-state index in [9.17, 15) is 86.2 Å². The molecule has 4 unspecified atom stereocenters. The number of aliphatic hydroxyl groups excluding tert-OH is 15. The summed E-state index contributed by atoms with van der Waals surface area (Å²) in [5, 5.41) is 167. The Bertz CT molecular complexity index is 2840. The van der Waals surface area contributed by atoms with Gasteiger partial charge in [0.15, 0.2) is 37.7 Å². The van der Waals surface area contributed by atoms with Crippen molar-refractivity contribution in [3.8, 4) is 0 Å². The quantitative estimate of drug-likeness (QED) is 0.0280. The van der Waals surface area contributed by atoms with Gasteiger partial charge < -0.3 is 148 Å². The van der Waals surface area contributed by atoms with Gasteiger partial charge in [-0.25, -0.2) is 0 Å². The molecule has 0 bridgehead atoms. The second kappa shape index (κ2) is 30.0. The zero-order valence-electron chi connectivity index (χ0n) is 57.4. The molecule has 3 saturated carbocycles. The molecular formula is C67H106O32. The highest BCUT2D eigenvalue weighted by Gasteiger charge is 2.79. The number of aliphatic hydroxyl groups is 15. The van der Waals surface area contributed by atoms with Crippen molar-refractivity contribution in [2.24, 2.45) is 39.4 Å². The van der Waals surface area contributed by atoms with Crippen molar-refractivity contribution in [2.75, 3.05) is 47.3 Å². The van der Waals surface area contributed by atoms with Crippen molar-refractivity contribution >= 4 is 11.8 Å². The highest BCUT2D eigenvalue weighted by molar-refractivity contribution is 5.99. The fourth-order valence-corrected chi connectivity index (χ4v) is 19.0. The molecule has 0 aromatic carbocycles. The van der Waals surface area contributed by atoms with Crippen LogP contribution < -0.4 is 0 Å². The Morgan fingerprint density at radius 1 is 0.556 bits per heavy atom. The number of rotatable bonds is 22. The summed E-state index contributed by atoms with van der Waals surface area (Å²) in [4.78, 5) is 29.1. The fraction of sp³-hybridized carbons (Fsp3) is 0.910. The Balaban J connectivity index is 0.837. The summed E-state index contributed by atoms with van der Waals surface area (Å²) in [5.41, 5.74) is -1.63. The Labute approximate surface area is 573 Å². The molecule has 0 amide bonds.